The summed E-state index contributed by atoms with van der Waals surface area (Å²) in [6.07, 6.45) is -0.954. The first-order valence-corrected chi connectivity index (χ1v) is 5.75. The van der Waals surface area contributed by atoms with Crippen LogP contribution < -0.4 is 4.74 Å². The van der Waals surface area contributed by atoms with Crippen LogP contribution in [-0.4, -0.2) is 35.0 Å². The Labute approximate surface area is 105 Å². The van der Waals surface area contributed by atoms with E-state index in [1.165, 1.54) is 0 Å². The molecule has 96 valence electrons. The number of aliphatic hydroxyl groups is 2. The Morgan fingerprint density at radius 3 is 2.89 bits per heavy atom. The number of para-hydroxylation sites is 1. The number of esters is 1. The number of ether oxygens (including phenoxy) is 1. The van der Waals surface area contributed by atoms with E-state index in [1.807, 2.05) is 0 Å². The molecule has 5 nitrogen and oxygen atoms in total. The first-order valence-electron chi connectivity index (χ1n) is 5.75. The Morgan fingerprint density at radius 2 is 2.17 bits per heavy atom. The van der Waals surface area contributed by atoms with E-state index in [0.717, 1.165) is 0 Å². The fraction of sp³-hybridized carbons (Fsp3) is 0.385. The Balaban J connectivity index is 2.32. The second kappa shape index (κ2) is 5.29. The number of benzene rings is 1. The zero-order chi connectivity index (χ0) is 13.1. The lowest BCUT2D eigenvalue weighted by Gasteiger charge is -2.28. The van der Waals surface area contributed by atoms with Crippen molar-refractivity contribution >= 4 is 11.7 Å². The molecule has 18 heavy (non-hydrogen) atoms. The van der Waals surface area contributed by atoms with Gasteiger partial charge in [0.1, 0.15) is 17.8 Å². The summed E-state index contributed by atoms with van der Waals surface area (Å²) >= 11 is 0. The summed E-state index contributed by atoms with van der Waals surface area (Å²) in [5.74, 6) is -0.923. The highest BCUT2D eigenvalue weighted by atomic mass is 16.5. The van der Waals surface area contributed by atoms with E-state index in [9.17, 15) is 9.90 Å². The summed E-state index contributed by atoms with van der Waals surface area (Å²) in [4.78, 5) is 15.9. The van der Waals surface area contributed by atoms with Crippen LogP contribution in [-0.2, 0) is 4.79 Å². The molecule has 1 aromatic rings. The molecule has 2 atom stereocenters. The standard InChI is InChI=1S/C13H15NO4/c1-8(14-6-7-15)11-12(16)9-4-2-3-5-10(9)18-13(11)17/h2-5,11-12,15-16H,6-7H2,1H3. The predicted molar refractivity (Wildman–Crippen MR) is 65.6 cm³/mol. The van der Waals surface area contributed by atoms with Crippen LogP contribution in [0, 0.1) is 5.92 Å². The van der Waals surface area contributed by atoms with Crippen molar-refractivity contribution in [1.82, 2.24) is 0 Å². The summed E-state index contributed by atoms with van der Waals surface area (Å²) in [6.45, 7) is 1.77. The van der Waals surface area contributed by atoms with E-state index in [0.29, 0.717) is 17.0 Å². The number of carbonyl (C=O) groups is 1. The van der Waals surface area contributed by atoms with Crippen molar-refractivity contribution in [1.29, 1.82) is 0 Å². The van der Waals surface area contributed by atoms with E-state index in [-0.39, 0.29) is 13.2 Å². The van der Waals surface area contributed by atoms with Crippen molar-refractivity contribution in [2.45, 2.75) is 13.0 Å². The van der Waals surface area contributed by atoms with Gasteiger partial charge >= 0.3 is 5.97 Å². The van der Waals surface area contributed by atoms with E-state index >= 15 is 0 Å². The van der Waals surface area contributed by atoms with Crippen molar-refractivity contribution in [3.8, 4) is 5.75 Å². The predicted octanol–water partition coefficient (Wildman–Crippen LogP) is 0.708. The third-order valence-corrected chi connectivity index (χ3v) is 2.93. The van der Waals surface area contributed by atoms with Gasteiger partial charge in [-0.05, 0) is 13.0 Å². The minimum absolute atomic E-state index is 0.0915. The second-order valence-electron chi connectivity index (χ2n) is 4.13. The van der Waals surface area contributed by atoms with Crippen LogP contribution in [0.4, 0.5) is 0 Å². The van der Waals surface area contributed by atoms with Gasteiger partial charge in [-0.25, -0.2) is 0 Å². The lowest BCUT2D eigenvalue weighted by Crippen LogP contribution is -2.36. The molecular formula is C13H15NO4. The third-order valence-electron chi connectivity index (χ3n) is 2.93. The quantitative estimate of drug-likeness (QED) is 0.469. The largest absolute Gasteiger partial charge is 0.426 e. The molecule has 0 aromatic heterocycles. The number of rotatable bonds is 3. The molecule has 2 unspecified atom stereocenters. The Kier molecular flexibility index (Phi) is 3.74. The van der Waals surface area contributed by atoms with Crippen molar-refractivity contribution < 1.29 is 19.7 Å². The lowest BCUT2D eigenvalue weighted by atomic mass is 9.89. The van der Waals surface area contributed by atoms with E-state index in [4.69, 9.17) is 9.84 Å². The molecule has 0 aliphatic carbocycles. The number of hydrogen-bond acceptors (Lipinski definition) is 5. The molecule has 1 aromatic carbocycles. The maximum Gasteiger partial charge on any atom is 0.323 e. The molecular weight excluding hydrogens is 234 g/mol. The number of nitrogens with zero attached hydrogens (tertiary/aromatic N) is 1. The minimum atomic E-state index is -0.954. The van der Waals surface area contributed by atoms with Crippen LogP contribution in [0.1, 0.15) is 18.6 Å². The zero-order valence-electron chi connectivity index (χ0n) is 10.0. The highest BCUT2D eigenvalue weighted by molar-refractivity contribution is 6.03. The monoisotopic (exact) mass is 249 g/mol. The van der Waals surface area contributed by atoms with Gasteiger partial charge in [-0.15, -0.1) is 0 Å². The van der Waals surface area contributed by atoms with Gasteiger partial charge in [-0.3, -0.25) is 9.79 Å². The third kappa shape index (κ3) is 2.27. The number of aliphatic imine (C=N–C) groups is 1. The molecule has 0 saturated carbocycles. The van der Waals surface area contributed by atoms with E-state index < -0.39 is 18.0 Å². The van der Waals surface area contributed by atoms with Gasteiger partial charge in [0.05, 0.1) is 13.2 Å². The first kappa shape index (κ1) is 12.7. The Morgan fingerprint density at radius 1 is 1.44 bits per heavy atom. The summed E-state index contributed by atoms with van der Waals surface area (Å²) in [5.41, 5.74) is 1.05. The van der Waals surface area contributed by atoms with Gasteiger partial charge in [0.15, 0.2) is 0 Å². The molecule has 0 spiro atoms. The summed E-state index contributed by atoms with van der Waals surface area (Å²) in [5, 5.41) is 18.9. The average Bonchev–Trinajstić information content (AvgIpc) is 2.36. The summed E-state index contributed by atoms with van der Waals surface area (Å²) in [6, 6.07) is 6.88. The van der Waals surface area contributed by atoms with Gasteiger partial charge in [-0.1, -0.05) is 18.2 Å². The maximum atomic E-state index is 11.8. The minimum Gasteiger partial charge on any atom is -0.426 e. The number of carbonyl (C=O) groups excluding carboxylic acids is 1. The molecule has 5 heteroatoms. The number of fused-ring (bicyclic) bond motifs is 1. The molecule has 2 N–H and O–H groups in total. The maximum absolute atomic E-state index is 11.8. The molecule has 0 fully saturated rings. The summed E-state index contributed by atoms with van der Waals surface area (Å²) < 4.78 is 5.17. The Hall–Kier alpha value is -1.72. The molecule has 2 rings (SSSR count). The van der Waals surface area contributed by atoms with Gasteiger partial charge in [0.25, 0.3) is 0 Å². The fourth-order valence-electron chi connectivity index (χ4n) is 2.02. The average molecular weight is 249 g/mol. The highest BCUT2D eigenvalue weighted by Crippen LogP contribution is 2.36. The van der Waals surface area contributed by atoms with Crippen molar-refractivity contribution in [3.05, 3.63) is 29.8 Å². The second-order valence-corrected chi connectivity index (χ2v) is 4.13. The van der Waals surface area contributed by atoms with E-state index in [1.54, 1.807) is 31.2 Å². The molecule has 1 aliphatic rings. The molecule has 1 aliphatic heterocycles. The molecule has 1 heterocycles. The van der Waals surface area contributed by atoms with Gasteiger partial charge in [-0.2, -0.15) is 0 Å². The van der Waals surface area contributed by atoms with Crippen LogP contribution in [0.2, 0.25) is 0 Å². The molecule has 0 saturated heterocycles. The Bertz CT molecular complexity index is 484. The first-order chi connectivity index (χ1) is 8.65. The van der Waals surface area contributed by atoms with Crippen LogP contribution in [0.5, 0.6) is 5.75 Å². The van der Waals surface area contributed by atoms with Crippen molar-refractivity contribution in [2.75, 3.05) is 13.2 Å². The lowest BCUT2D eigenvalue weighted by molar-refractivity contribution is -0.141. The topological polar surface area (TPSA) is 79.1 Å². The van der Waals surface area contributed by atoms with Crippen LogP contribution in [0.15, 0.2) is 29.3 Å². The van der Waals surface area contributed by atoms with Crippen molar-refractivity contribution in [2.24, 2.45) is 10.9 Å². The van der Waals surface area contributed by atoms with Gasteiger partial charge in [0.2, 0.25) is 0 Å². The molecule has 0 radical (unpaired) electrons. The van der Waals surface area contributed by atoms with Gasteiger partial charge in [0, 0.05) is 11.3 Å². The number of aliphatic hydroxyl groups excluding tert-OH is 2. The van der Waals surface area contributed by atoms with Crippen LogP contribution >= 0.6 is 0 Å². The molecule has 0 amide bonds. The van der Waals surface area contributed by atoms with Gasteiger partial charge < -0.3 is 14.9 Å². The number of hydrogen-bond donors (Lipinski definition) is 2. The van der Waals surface area contributed by atoms with Crippen LogP contribution in [0.25, 0.3) is 0 Å². The normalized spacial score (nSPS) is 23.5. The zero-order valence-corrected chi connectivity index (χ0v) is 10.0. The fourth-order valence-corrected chi connectivity index (χ4v) is 2.02. The van der Waals surface area contributed by atoms with Crippen LogP contribution in [0.3, 0.4) is 0 Å². The SMILES string of the molecule is CC(=NCCO)C1C(=O)Oc2ccccc2C1O. The summed E-state index contributed by atoms with van der Waals surface area (Å²) in [7, 11) is 0. The van der Waals surface area contributed by atoms with E-state index in [2.05, 4.69) is 4.99 Å². The highest BCUT2D eigenvalue weighted by Gasteiger charge is 2.38. The smallest absolute Gasteiger partial charge is 0.323 e. The molecule has 0 bridgehead atoms. The van der Waals surface area contributed by atoms with Crippen molar-refractivity contribution in [3.63, 3.8) is 0 Å².